The second-order valence-corrected chi connectivity index (χ2v) is 6.69. The first-order chi connectivity index (χ1) is 11.7. The number of nitrogens with zero attached hydrogens (tertiary/aromatic N) is 1. The van der Waals surface area contributed by atoms with Gasteiger partial charge in [0.15, 0.2) is 0 Å². The van der Waals surface area contributed by atoms with Gasteiger partial charge < -0.3 is 4.79 Å². The molecular formula is C20H37NO3. The van der Waals surface area contributed by atoms with E-state index in [4.69, 9.17) is 0 Å². The summed E-state index contributed by atoms with van der Waals surface area (Å²) in [5.41, 5.74) is 0.412. The number of aldehydes is 1. The maximum Gasteiger partial charge on any atom is 0.242 e. The second kappa shape index (κ2) is 18.2. The summed E-state index contributed by atoms with van der Waals surface area (Å²) in [6.45, 7) is 2.21. The molecule has 0 heterocycles. The predicted molar refractivity (Wildman–Crippen MR) is 101 cm³/mol. The highest BCUT2D eigenvalue weighted by Crippen LogP contribution is 2.15. The highest BCUT2D eigenvalue weighted by Gasteiger charge is 2.09. The van der Waals surface area contributed by atoms with Crippen LogP contribution in [-0.4, -0.2) is 11.2 Å². The fourth-order valence-electron chi connectivity index (χ4n) is 2.88. The SMILES string of the molecule is CCCCCCCC/C=C(/CCCCCCCCCC=O)[N+](=O)[O-]. The molecule has 0 aromatic carbocycles. The van der Waals surface area contributed by atoms with E-state index in [1.165, 1.54) is 44.9 Å². The number of carbonyl (C=O) groups excluding carboxylic acids is 1. The minimum atomic E-state index is -0.198. The number of nitro groups is 1. The van der Waals surface area contributed by atoms with E-state index in [1.807, 2.05) is 6.08 Å². The van der Waals surface area contributed by atoms with Gasteiger partial charge in [0, 0.05) is 12.8 Å². The van der Waals surface area contributed by atoms with E-state index in [0.717, 1.165) is 51.2 Å². The highest BCUT2D eigenvalue weighted by molar-refractivity contribution is 5.48. The molecule has 0 aromatic rings. The van der Waals surface area contributed by atoms with E-state index in [9.17, 15) is 14.9 Å². The van der Waals surface area contributed by atoms with Crippen LogP contribution in [0.3, 0.4) is 0 Å². The smallest absolute Gasteiger partial charge is 0.242 e. The van der Waals surface area contributed by atoms with Gasteiger partial charge in [-0.1, -0.05) is 71.1 Å². The van der Waals surface area contributed by atoms with Gasteiger partial charge in [-0.25, -0.2) is 0 Å². The normalized spacial score (nSPS) is 11.6. The molecule has 0 aromatic heterocycles. The first-order valence-corrected chi connectivity index (χ1v) is 9.99. The number of carbonyl (C=O) groups is 1. The van der Waals surface area contributed by atoms with Gasteiger partial charge in [0.25, 0.3) is 0 Å². The molecule has 0 saturated heterocycles. The third-order valence-corrected chi connectivity index (χ3v) is 4.43. The Balaban J connectivity index is 3.63. The summed E-state index contributed by atoms with van der Waals surface area (Å²) in [4.78, 5) is 21.1. The number of rotatable bonds is 18. The Morgan fingerprint density at radius 3 is 1.83 bits per heavy atom. The summed E-state index contributed by atoms with van der Waals surface area (Å²) in [5.74, 6) is 0. The van der Waals surface area contributed by atoms with Crippen LogP contribution in [0.1, 0.15) is 110 Å². The van der Waals surface area contributed by atoms with Crippen LogP contribution in [0.15, 0.2) is 11.8 Å². The molecule has 0 saturated carbocycles. The van der Waals surface area contributed by atoms with Crippen LogP contribution in [0.25, 0.3) is 0 Å². The topological polar surface area (TPSA) is 60.2 Å². The largest absolute Gasteiger partial charge is 0.303 e. The van der Waals surface area contributed by atoms with Crippen LogP contribution in [0.2, 0.25) is 0 Å². The molecule has 4 heteroatoms. The number of hydrogen-bond donors (Lipinski definition) is 0. The lowest BCUT2D eigenvalue weighted by molar-refractivity contribution is -0.428. The molecule has 0 N–H and O–H groups in total. The Hall–Kier alpha value is -1.19. The van der Waals surface area contributed by atoms with Crippen LogP contribution in [-0.2, 0) is 4.79 Å². The molecular weight excluding hydrogens is 302 g/mol. The van der Waals surface area contributed by atoms with E-state index >= 15 is 0 Å². The Kier molecular flexibility index (Phi) is 17.3. The third kappa shape index (κ3) is 15.7. The van der Waals surface area contributed by atoms with Crippen LogP contribution in [0, 0.1) is 10.1 Å². The average Bonchev–Trinajstić information content (AvgIpc) is 2.57. The molecule has 140 valence electrons. The lowest BCUT2D eigenvalue weighted by Crippen LogP contribution is -1.99. The maximum absolute atomic E-state index is 11.1. The lowest BCUT2D eigenvalue weighted by atomic mass is 10.1. The van der Waals surface area contributed by atoms with Crippen LogP contribution in [0.5, 0.6) is 0 Å². The summed E-state index contributed by atoms with van der Waals surface area (Å²) in [5, 5.41) is 11.1. The second-order valence-electron chi connectivity index (χ2n) is 6.69. The van der Waals surface area contributed by atoms with Gasteiger partial charge in [-0.3, -0.25) is 10.1 Å². The summed E-state index contributed by atoms with van der Waals surface area (Å²) in [6.07, 6.45) is 19.9. The molecule has 0 aliphatic heterocycles. The molecule has 0 bridgehead atoms. The van der Waals surface area contributed by atoms with Gasteiger partial charge in [-0.15, -0.1) is 0 Å². The Labute approximate surface area is 148 Å². The molecule has 0 unspecified atom stereocenters. The summed E-state index contributed by atoms with van der Waals surface area (Å²) in [6, 6.07) is 0. The van der Waals surface area contributed by atoms with Crippen molar-refractivity contribution >= 4 is 6.29 Å². The van der Waals surface area contributed by atoms with Gasteiger partial charge in [-0.2, -0.15) is 0 Å². The number of allylic oxidation sites excluding steroid dienone is 2. The number of hydrogen-bond acceptors (Lipinski definition) is 3. The minimum Gasteiger partial charge on any atom is -0.303 e. The zero-order valence-electron chi connectivity index (χ0n) is 15.6. The lowest BCUT2D eigenvalue weighted by Gasteiger charge is -2.02. The van der Waals surface area contributed by atoms with Crippen molar-refractivity contribution in [1.82, 2.24) is 0 Å². The Morgan fingerprint density at radius 2 is 1.29 bits per heavy atom. The van der Waals surface area contributed by atoms with Crippen molar-refractivity contribution in [2.45, 2.75) is 110 Å². The molecule has 0 spiro atoms. The quantitative estimate of drug-likeness (QED) is 0.122. The van der Waals surface area contributed by atoms with Crippen LogP contribution >= 0.6 is 0 Å². The molecule has 4 nitrogen and oxygen atoms in total. The fourth-order valence-corrected chi connectivity index (χ4v) is 2.88. The van der Waals surface area contributed by atoms with Crippen molar-refractivity contribution in [2.75, 3.05) is 0 Å². The molecule has 0 radical (unpaired) electrons. The first-order valence-electron chi connectivity index (χ1n) is 9.99. The standard InChI is InChI=1S/C20H37NO3/c1-2-3-4-5-8-11-14-17-20(21(23)24)18-15-12-9-6-7-10-13-16-19-22/h17,19H,2-16,18H2,1H3/b20-17-. The van der Waals surface area contributed by atoms with Gasteiger partial charge in [0.2, 0.25) is 5.70 Å². The molecule has 0 atom stereocenters. The first kappa shape index (κ1) is 22.8. The highest BCUT2D eigenvalue weighted by atomic mass is 16.6. The van der Waals surface area contributed by atoms with Gasteiger partial charge in [0.05, 0.1) is 4.92 Å². The van der Waals surface area contributed by atoms with Gasteiger partial charge in [-0.05, 0) is 31.8 Å². The molecule has 0 fully saturated rings. The van der Waals surface area contributed by atoms with Crippen molar-refractivity contribution in [3.05, 3.63) is 21.9 Å². The molecule has 24 heavy (non-hydrogen) atoms. The summed E-state index contributed by atoms with van der Waals surface area (Å²) >= 11 is 0. The fraction of sp³-hybridized carbons (Fsp3) is 0.850. The van der Waals surface area contributed by atoms with Crippen molar-refractivity contribution in [3.8, 4) is 0 Å². The number of unbranched alkanes of at least 4 members (excludes halogenated alkanes) is 13. The Bertz CT molecular complexity index is 340. The van der Waals surface area contributed by atoms with Crippen molar-refractivity contribution < 1.29 is 9.72 Å². The van der Waals surface area contributed by atoms with Gasteiger partial charge >= 0.3 is 0 Å². The van der Waals surface area contributed by atoms with Crippen molar-refractivity contribution in [2.24, 2.45) is 0 Å². The van der Waals surface area contributed by atoms with Crippen LogP contribution < -0.4 is 0 Å². The van der Waals surface area contributed by atoms with E-state index in [-0.39, 0.29) is 4.92 Å². The maximum atomic E-state index is 11.1. The average molecular weight is 340 g/mol. The van der Waals surface area contributed by atoms with E-state index in [0.29, 0.717) is 18.5 Å². The zero-order chi connectivity index (χ0) is 17.9. The van der Waals surface area contributed by atoms with E-state index in [1.54, 1.807) is 0 Å². The summed E-state index contributed by atoms with van der Waals surface area (Å²) < 4.78 is 0. The minimum absolute atomic E-state index is 0.198. The monoisotopic (exact) mass is 339 g/mol. The van der Waals surface area contributed by atoms with Crippen LogP contribution in [0.4, 0.5) is 0 Å². The van der Waals surface area contributed by atoms with Crippen molar-refractivity contribution in [3.63, 3.8) is 0 Å². The zero-order valence-corrected chi connectivity index (χ0v) is 15.6. The molecule has 0 amide bonds. The third-order valence-electron chi connectivity index (χ3n) is 4.43. The predicted octanol–water partition coefficient (Wildman–Crippen LogP) is 6.61. The molecule has 0 aliphatic rings. The summed E-state index contributed by atoms with van der Waals surface area (Å²) in [7, 11) is 0. The van der Waals surface area contributed by atoms with Gasteiger partial charge in [0.1, 0.15) is 6.29 Å². The van der Waals surface area contributed by atoms with E-state index < -0.39 is 0 Å². The van der Waals surface area contributed by atoms with Crippen molar-refractivity contribution in [1.29, 1.82) is 0 Å². The Morgan fingerprint density at radius 1 is 0.792 bits per heavy atom. The van der Waals surface area contributed by atoms with E-state index in [2.05, 4.69) is 6.92 Å². The molecule has 0 rings (SSSR count). The molecule has 0 aliphatic carbocycles.